The second kappa shape index (κ2) is 6.41. The fraction of sp³-hybridized carbons (Fsp3) is 0.571. The molecule has 0 radical (unpaired) electrons. The Morgan fingerprint density at radius 2 is 1.12 bits per heavy atom. The minimum absolute atomic E-state index is 0.265. The van der Waals surface area contributed by atoms with E-state index in [1.54, 1.807) is 0 Å². The Morgan fingerprint density at radius 1 is 0.812 bits per heavy atom. The van der Waals surface area contributed by atoms with E-state index in [0.717, 1.165) is 24.3 Å². The Labute approximate surface area is 98.6 Å². The molecule has 0 aromatic heterocycles. The highest BCUT2D eigenvalue weighted by atomic mass is 16.5. The topological polar surface area (TPSA) is 18.5 Å². The molecule has 0 aliphatic rings. The summed E-state index contributed by atoms with van der Waals surface area (Å²) < 4.78 is 11.4. The van der Waals surface area contributed by atoms with Crippen LogP contribution in [0.15, 0.2) is 24.3 Å². The Morgan fingerprint density at radius 3 is 1.38 bits per heavy atom. The normalized spacial score (nSPS) is 14.2. The van der Waals surface area contributed by atoms with Crippen molar-refractivity contribution < 1.29 is 9.47 Å². The van der Waals surface area contributed by atoms with Gasteiger partial charge in [0.25, 0.3) is 0 Å². The minimum atomic E-state index is 0.265. The van der Waals surface area contributed by atoms with Gasteiger partial charge in [0.2, 0.25) is 0 Å². The van der Waals surface area contributed by atoms with Gasteiger partial charge in [-0.1, -0.05) is 13.8 Å². The first-order valence-corrected chi connectivity index (χ1v) is 6.09. The van der Waals surface area contributed by atoms with Crippen LogP contribution in [0, 0.1) is 0 Å². The fourth-order valence-electron chi connectivity index (χ4n) is 1.23. The van der Waals surface area contributed by atoms with Gasteiger partial charge in [-0.25, -0.2) is 0 Å². The standard InChI is InChI=1S/C14H22O2/c1-5-11(3)15-13-7-9-14(10-8-13)16-12(4)6-2/h7-12H,5-6H2,1-4H3. The predicted octanol–water partition coefficient (Wildman–Crippen LogP) is 4.04. The highest BCUT2D eigenvalue weighted by Crippen LogP contribution is 2.20. The first kappa shape index (κ1) is 12.9. The molecule has 1 aromatic carbocycles. The molecule has 2 atom stereocenters. The Bertz CT molecular complexity index is 261. The molecular weight excluding hydrogens is 200 g/mol. The number of ether oxygens (including phenoxy) is 2. The highest BCUT2D eigenvalue weighted by Gasteiger charge is 2.03. The van der Waals surface area contributed by atoms with E-state index in [2.05, 4.69) is 27.7 Å². The van der Waals surface area contributed by atoms with E-state index in [-0.39, 0.29) is 12.2 Å². The van der Waals surface area contributed by atoms with Crippen LogP contribution in [0.4, 0.5) is 0 Å². The largest absolute Gasteiger partial charge is 0.491 e. The van der Waals surface area contributed by atoms with Gasteiger partial charge in [-0.05, 0) is 51.0 Å². The summed E-state index contributed by atoms with van der Waals surface area (Å²) in [6.07, 6.45) is 2.57. The summed E-state index contributed by atoms with van der Waals surface area (Å²) in [5, 5.41) is 0. The van der Waals surface area contributed by atoms with Gasteiger partial charge in [0, 0.05) is 0 Å². The average molecular weight is 222 g/mol. The number of hydrogen-bond donors (Lipinski definition) is 0. The van der Waals surface area contributed by atoms with E-state index in [0.29, 0.717) is 0 Å². The van der Waals surface area contributed by atoms with Crippen LogP contribution in [-0.2, 0) is 0 Å². The lowest BCUT2D eigenvalue weighted by molar-refractivity contribution is 0.210. The third-order valence-corrected chi connectivity index (χ3v) is 2.65. The Hall–Kier alpha value is -1.18. The molecule has 0 aliphatic carbocycles. The molecule has 1 rings (SSSR count). The lowest BCUT2D eigenvalue weighted by atomic mass is 10.3. The van der Waals surface area contributed by atoms with E-state index in [9.17, 15) is 0 Å². The molecule has 0 amide bonds. The van der Waals surface area contributed by atoms with Gasteiger partial charge < -0.3 is 9.47 Å². The van der Waals surface area contributed by atoms with Gasteiger partial charge in [-0.2, -0.15) is 0 Å². The van der Waals surface area contributed by atoms with Gasteiger partial charge >= 0.3 is 0 Å². The van der Waals surface area contributed by atoms with Crippen molar-refractivity contribution in [1.82, 2.24) is 0 Å². The van der Waals surface area contributed by atoms with E-state index < -0.39 is 0 Å². The second-order valence-corrected chi connectivity index (χ2v) is 4.14. The van der Waals surface area contributed by atoms with E-state index >= 15 is 0 Å². The number of hydrogen-bond acceptors (Lipinski definition) is 2. The summed E-state index contributed by atoms with van der Waals surface area (Å²) in [5.41, 5.74) is 0. The SMILES string of the molecule is CCC(C)Oc1ccc(OC(C)CC)cc1. The molecule has 0 fully saturated rings. The molecule has 2 nitrogen and oxygen atoms in total. The van der Waals surface area contributed by atoms with Crippen molar-refractivity contribution in [2.24, 2.45) is 0 Å². The quantitative estimate of drug-likeness (QED) is 0.723. The summed E-state index contributed by atoms with van der Waals surface area (Å²) in [4.78, 5) is 0. The third-order valence-electron chi connectivity index (χ3n) is 2.65. The molecule has 2 unspecified atom stereocenters. The molecule has 0 spiro atoms. The van der Waals surface area contributed by atoms with Crippen molar-refractivity contribution in [3.05, 3.63) is 24.3 Å². The molecule has 0 N–H and O–H groups in total. The number of rotatable bonds is 6. The van der Waals surface area contributed by atoms with Gasteiger partial charge in [-0.15, -0.1) is 0 Å². The second-order valence-electron chi connectivity index (χ2n) is 4.14. The summed E-state index contributed by atoms with van der Waals surface area (Å²) in [6, 6.07) is 7.85. The predicted molar refractivity (Wildman–Crippen MR) is 67.2 cm³/mol. The van der Waals surface area contributed by atoms with Crippen molar-refractivity contribution in [3.8, 4) is 11.5 Å². The first-order chi connectivity index (χ1) is 7.65. The average Bonchev–Trinajstić information content (AvgIpc) is 2.31. The van der Waals surface area contributed by atoms with Crippen molar-refractivity contribution in [1.29, 1.82) is 0 Å². The molecule has 0 bridgehead atoms. The molecular formula is C14H22O2. The smallest absolute Gasteiger partial charge is 0.119 e. The van der Waals surface area contributed by atoms with Crippen LogP contribution in [0.3, 0.4) is 0 Å². The summed E-state index contributed by atoms with van der Waals surface area (Å²) in [7, 11) is 0. The van der Waals surface area contributed by atoms with Gasteiger partial charge in [0.05, 0.1) is 12.2 Å². The van der Waals surface area contributed by atoms with Crippen LogP contribution in [-0.4, -0.2) is 12.2 Å². The Balaban J connectivity index is 2.54. The first-order valence-electron chi connectivity index (χ1n) is 6.09. The summed E-state index contributed by atoms with van der Waals surface area (Å²) in [6.45, 7) is 8.38. The lowest BCUT2D eigenvalue weighted by Crippen LogP contribution is -2.10. The van der Waals surface area contributed by atoms with Crippen molar-refractivity contribution >= 4 is 0 Å². The van der Waals surface area contributed by atoms with Gasteiger partial charge in [-0.3, -0.25) is 0 Å². The van der Waals surface area contributed by atoms with Crippen molar-refractivity contribution in [3.63, 3.8) is 0 Å². The number of benzene rings is 1. The van der Waals surface area contributed by atoms with Gasteiger partial charge in [0.1, 0.15) is 11.5 Å². The molecule has 0 heterocycles. The van der Waals surface area contributed by atoms with Gasteiger partial charge in [0.15, 0.2) is 0 Å². The molecule has 0 saturated carbocycles. The van der Waals surface area contributed by atoms with E-state index in [4.69, 9.17) is 9.47 Å². The zero-order valence-electron chi connectivity index (χ0n) is 10.7. The summed E-state index contributed by atoms with van der Waals surface area (Å²) in [5.74, 6) is 1.82. The molecule has 2 heteroatoms. The Kier molecular flexibility index (Phi) is 5.17. The monoisotopic (exact) mass is 222 g/mol. The fourth-order valence-corrected chi connectivity index (χ4v) is 1.23. The van der Waals surface area contributed by atoms with Crippen LogP contribution >= 0.6 is 0 Å². The van der Waals surface area contributed by atoms with Crippen molar-refractivity contribution in [2.75, 3.05) is 0 Å². The maximum atomic E-state index is 5.69. The maximum Gasteiger partial charge on any atom is 0.119 e. The van der Waals surface area contributed by atoms with Crippen LogP contribution < -0.4 is 9.47 Å². The molecule has 0 aliphatic heterocycles. The lowest BCUT2D eigenvalue weighted by Gasteiger charge is -2.15. The molecule has 1 aromatic rings. The van der Waals surface area contributed by atoms with Crippen LogP contribution in [0.25, 0.3) is 0 Å². The van der Waals surface area contributed by atoms with Crippen LogP contribution in [0.5, 0.6) is 11.5 Å². The zero-order valence-corrected chi connectivity index (χ0v) is 10.7. The molecule has 90 valence electrons. The summed E-state index contributed by atoms with van der Waals surface area (Å²) >= 11 is 0. The van der Waals surface area contributed by atoms with E-state index in [1.807, 2.05) is 24.3 Å². The van der Waals surface area contributed by atoms with Crippen molar-refractivity contribution in [2.45, 2.75) is 52.7 Å². The van der Waals surface area contributed by atoms with Crippen LogP contribution in [0.1, 0.15) is 40.5 Å². The van der Waals surface area contributed by atoms with Crippen LogP contribution in [0.2, 0.25) is 0 Å². The maximum absolute atomic E-state index is 5.69. The molecule has 0 saturated heterocycles. The third kappa shape index (κ3) is 4.13. The zero-order chi connectivity index (χ0) is 12.0. The minimum Gasteiger partial charge on any atom is -0.491 e. The highest BCUT2D eigenvalue weighted by molar-refractivity contribution is 5.31. The van der Waals surface area contributed by atoms with E-state index in [1.165, 1.54) is 0 Å². The molecule has 16 heavy (non-hydrogen) atoms.